The number of halogens is 6. The lowest BCUT2D eigenvalue weighted by atomic mass is 10.2. The highest BCUT2D eigenvalue weighted by atomic mass is 32.1. The van der Waals surface area contributed by atoms with Crippen molar-refractivity contribution in [2.45, 2.75) is 31.7 Å². The van der Waals surface area contributed by atoms with Gasteiger partial charge < -0.3 is 20.3 Å². The van der Waals surface area contributed by atoms with Crippen LogP contribution in [0, 0.1) is 6.92 Å². The van der Waals surface area contributed by atoms with Gasteiger partial charge in [0.05, 0.1) is 42.9 Å². The first-order valence-corrected chi connectivity index (χ1v) is 12.8. The molecule has 2 aromatic rings. The Bertz CT molecular complexity index is 1240. The lowest BCUT2D eigenvalue weighted by molar-refractivity contribution is -0.144. The second-order valence-electron chi connectivity index (χ2n) is 9.24. The van der Waals surface area contributed by atoms with Crippen LogP contribution in [0.5, 0.6) is 5.75 Å². The molecular weight excluding hydrogens is 564 g/mol. The number of alkyl halides is 6. The Balaban J connectivity index is 1.67. The largest absolute Gasteiger partial charge is 0.491 e. The van der Waals surface area contributed by atoms with Gasteiger partial charge in [0.2, 0.25) is 0 Å². The number of anilines is 3. The Morgan fingerprint density at radius 1 is 1.18 bits per heavy atom. The van der Waals surface area contributed by atoms with Crippen LogP contribution in [0.4, 0.5) is 42.7 Å². The van der Waals surface area contributed by atoms with Crippen molar-refractivity contribution in [2.24, 2.45) is 9.98 Å². The molecule has 1 unspecified atom stereocenters. The molecule has 1 amide bonds. The van der Waals surface area contributed by atoms with E-state index in [9.17, 15) is 31.1 Å². The van der Waals surface area contributed by atoms with E-state index in [2.05, 4.69) is 25.0 Å². The van der Waals surface area contributed by atoms with Crippen LogP contribution in [0.1, 0.15) is 22.5 Å². The number of aliphatic imine (C=N–C) groups is 2. The molecule has 0 saturated carbocycles. The van der Waals surface area contributed by atoms with Gasteiger partial charge in [-0.2, -0.15) is 30.7 Å². The van der Waals surface area contributed by atoms with Crippen LogP contribution < -0.4 is 20.3 Å². The molecule has 2 N–H and O–H groups in total. The van der Waals surface area contributed by atoms with Crippen molar-refractivity contribution in [3.8, 4) is 5.75 Å². The van der Waals surface area contributed by atoms with Gasteiger partial charge >= 0.3 is 12.4 Å². The molecule has 3 rings (SSSR count). The second-order valence-corrected chi connectivity index (χ2v) is 10.0. The SMILES string of the molecule is Cc1nsc(NC2=NCC(C(F)(F)F)N=C2)c1C(=O)Nc1ccc(N(C)C)c(OCCCN(C)CC(F)(F)F)c1. The van der Waals surface area contributed by atoms with E-state index in [1.165, 1.54) is 7.05 Å². The lowest BCUT2D eigenvalue weighted by Crippen LogP contribution is -2.34. The fraction of sp³-hybridized carbons (Fsp3) is 0.500. The first-order valence-electron chi connectivity index (χ1n) is 12.0. The fourth-order valence-electron chi connectivity index (χ4n) is 3.70. The van der Waals surface area contributed by atoms with E-state index in [-0.39, 0.29) is 29.6 Å². The van der Waals surface area contributed by atoms with Crippen LogP contribution in [0.15, 0.2) is 28.2 Å². The van der Waals surface area contributed by atoms with Crippen molar-refractivity contribution in [1.82, 2.24) is 9.27 Å². The molecule has 1 aliphatic rings. The summed E-state index contributed by atoms with van der Waals surface area (Å²) in [5, 5.41) is 5.88. The number of nitrogens with one attached hydrogen (secondary N) is 2. The number of rotatable bonds is 10. The number of carbonyl (C=O) groups excluding carboxylic acids is 1. The first-order chi connectivity index (χ1) is 18.6. The molecule has 0 fully saturated rings. The Hall–Kier alpha value is -3.40. The zero-order valence-corrected chi connectivity index (χ0v) is 23.0. The van der Waals surface area contributed by atoms with Crippen LogP contribution in [0.25, 0.3) is 0 Å². The van der Waals surface area contributed by atoms with Gasteiger partial charge in [0.25, 0.3) is 5.91 Å². The number of carbonyl (C=O) groups is 1. The highest BCUT2D eigenvalue weighted by Gasteiger charge is 2.40. The molecule has 0 saturated heterocycles. The Morgan fingerprint density at radius 2 is 1.90 bits per heavy atom. The summed E-state index contributed by atoms with van der Waals surface area (Å²) in [6.07, 6.45) is -7.45. The third kappa shape index (κ3) is 8.81. The maximum Gasteiger partial charge on any atom is 0.412 e. The van der Waals surface area contributed by atoms with Crippen molar-refractivity contribution in [3.05, 3.63) is 29.5 Å². The predicted molar refractivity (Wildman–Crippen MR) is 143 cm³/mol. The van der Waals surface area contributed by atoms with Crippen LogP contribution in [-0.4, -0.2) is 93.0 Å². The molecule has 1 atom stereocenters. The summed E-state index contributed by atoms with van der Waals surface area (Å²) in [6, 6.07) is 3.08. The van der Waals surface area contributed by atoms with Crippen molar-refractivity contribution in [2.75, 3.05) is 62.9 Å². The minimum absolute atomic E-state index is 0.0742. The summed E-state index contributed by atoms with van der Waals surface area (Å²) in [4.78, 5) is 23.5. The number of ether oxygens (including phenoxy) is 1. The number of amides is 1. The number of amidine groups is 1. The molecule has 1 aromatic heterocycles. The van der Waals surface area contributed by atoms with Crippen molar-refractivity contribution in [3.63, 3.8) is 0 Å². The highest BCUT2D eigenvalue weighted by Crippen LogP contribution is 2.32. The van der Waals surface area contributed by atoms with E-state index in [0.29, 0.717) is 29.2 Å². The van der Waals surface area contributed by atoms with E-state index >= 15 is 0 Å². The Morgan fingerprint density at radius 3 is 2.50 bits per heavy atom. The molecule has 16 heteroatoms. The molecule has 0 aliphatic carbocycles. The van der Waals surface area contributed by atoms with Crippen LogP contribution in [0.2, 0.25) is 0 Å². The van der Waals surface area contributed by atoms with Gasteiger partial charge in [-0.05, 0) is 44.1 Å². The third-order valence-corrected chi connectivity index (χ3v) is 6.46. The average molecular weight is 594 g/mol. The predicted octanol–water partition coefficient (Wildman–Crippen LogP) is 4.86. The molecular formula is C24H29F6N7O2S. The molecule has 1 aromatic carbocycles. The number of aromatic nitrogens is 1. The van der Waals surface area contributed by atoms with E-state index in [1.807, 2.05) is 0 Å². The maximum absolute atomic E-state index is 13.2. The smallest absolute Gasteiger partial charge is 0.412 e. The average Bonchev–Trinajstić information content (AvgIpc) is 3.20. The number of hydrogen-bond donors (Lipinski definition) is 2. The normalized spacial score (nSPS) is 15.7. The molecule has 2 heterocycles. The van der Waals surface area contributed by atoms with Gasteiger partial charge in [0, 0.05) is 32.4 Å². The van der Waals surface area contributed by atoms with Gasteiger partial charge in [-0.3, -0.25) is 19.7 Å². The van der Waals surface area contributed by atoms with E-state index in [4.69, 9.17) is 4.74 Å². The van der Waals surface area contributed by atoms with E-state index in [0.717, 1.165) is 22.6 Å². The number of aryl methyl sites for hydroxylation is 1. The molecule has 9 nitrogen and oxygen atoms in total. The van der Waals surface area contributed by atoms with E-state index < -0.39 is 37.4 Å². The van der Waals surface area contributed by atoms with Crippen LogP contribution in [-0.2, 0) is 0 Å². The number of nitrogens with zero attached hydrogens (tertiary/aromatic N) is 5. The first kappa shape index (κ1) is 31.1. The van der Waals surface area contributed by atoms with Gasteiger partial charge in [0.15, 0.2) is 6.04 Å². The quantitative estimate of drug-likeness (QED) is 0.302. The topological polar surface area (TPSA) is 94.5 Å². The Kier molecular flexibility index (Phi) is 10.00. The van der Waals surface area contributed by atoms with Crippen molar-refractivity contribution >= 4 is 45.9 Å². The number of hydrogen-bond acceptors (Lipinski definition) is 9. The summed E-state index contributed by atoms with van der Waals surface area (Å²) >= 11 is 0.951. The number of benzene rings is 1. The highest BCUT2D eigenvalue weighted by molar-refractivity contribution is 7.11. The summed E-state index contributed by atoms with van der Waals surface area (Å²) in [6.45, 7) is 0.369. The molecule has 0 spiro atoms. The van der Waals surface area contributed by atoms with Gasteiger partial charge in [-0.15, -0.1) is 0 Å². The molecule has 40 heavy (non-hydrogen) atoms. The summed E-state index contributed by atoms with van der Waals surface area (Å²) in [5.74, 6) is -0.0236. The summed E-state index contributed by atoms with van der Waals surface area (Å²) in [7, 11) is 4.97. The van der Waals surface area contributed by atoms with Crippen LogP contribution in [0.3, 0.4) is 0 Å². The second kappa shape index (κ2) is 12.8. The monoisotopic (exact) mass is 593 g/mol. The van der Waals surface area contributed by atoms with Gasteiger partial charge in [-0.25, -0.2) is 0 Å². The minimum atomic E-state index is -4.49. The fourth-order valence-corrected chi connectivity index (χ4v) is 4.51. The van der Waals surface area contributed by atoms with E-state index in [1.54, 1.807) is 44.1 Å². The molecule has 220 valence electrons. The Labute approximate surface area is 231 Å². The summed E-state index contributed by atoms with van der Waals surface area (Å²) in [5.41, 5.74) is 1.67. The summed E-state index contributed by atoms with van der Waals surface area (Å²) < 4.78 is 86.1. The zero-order valence-electron chi connectivity index (χ0n) is 22.2. The zero-order chi connectivity index (χ0) is 29.7. The van der Waals surface area contributed by atoms with Gasteiger partial charge in [-0.1, -0.05) is 0 Å². The third-order valence-electron chi connectivity index (χ3n) is 5.61. The maximum atomic E-state index is 13.2. The lowest BCUT2D eigenvalue weighted by Gasteiger charge is -2.21. The molecule has 0 radical (unpaired) electrons. The van der Waals surface area contributed by atoms with Crippen LogP contribution >= 0.6 is 11.5 Å². The minimum Gasteiger partial charge on any atom is -0.491 e. The van der Waals surface area contributed by atoms with Gasteiger partial charge in [0.1, 0.15) is 16.6 Å². The van der Waals surface area contributed by atoms with Crippen molar-refractivity contribution in [1.29, 1.82) is 0 Å². The van der Waals surface area contributed by atoms with Crippen molar-refractivity contribution < 1.29 is 35.9 Å². The standard InChI is InChI=1S/C24H29F6N7O2S/c1-14-20(22(40-35-14)34-19-12-31-18(11-32-19)24(28,29)30)21(38)33-15-6-7-16(36(2)3)17(10-15)39-9-5-8-37(4)13-23(25,26)27/h6-7,10,12,18H,5,8-9,11,13H2,1-4H3,(H,32,34)(H,33,38). The molecule has 0 bridgehead atoms. The molecule has 1 aliphatic heterocycles.